The molecule has 0 spiro atoms. The van der Waals surface area contributed by atoms with Crippen LogP contribution in [0.1, 0.15) is 11.3 Å². The molecule has 2 rings (SSSR count). The van der Waals surface area contributed by atoms with E-state index in [0.717, 1.165) is 19.4 Å². The molecular weight excluding hydrogens is 194 g/mol. The van der Waals surface area contributed by atoms with Gasteiger partial charge in [0.05, 0.1) is 6.10 Å². The van der Waals surface area contributed by atoms with E-state index < -0.39 is 0 Å². The molecule has 0 aliphatic carbocycles. The number of β-amino-alcohol motifs (C(OH)–C–C–N with tert-alkyl or cyclic N) is 1. The van der Waals surface area contributed by atoms with Crippen molar-refractivity contribution >= 4 is 11.3 Å². The average molecular weight is 209 g/mol. The van der Waals surface area contributed by atoms with Crippen molar-refractivity contribution in [3.63, 3.8) is 0 Å². The van der Waals surface area contributed by atoms with Crippen molar-refractivity contribution in [2.24, 2.45) is 0 Å². The van der Waals surface area contributed by atoms with E-state index in [1.54, 1.807) is 11.3 Å². The zero-order valence-electron chi connectivity index (χ0n) is 8.07. The maximum absolute atomic E-state index is 9.40. The lowest BCUT2D eigenvalue weighted by Crippen LogP contribution is -2.32. The van der Waals surface area contributed by atoms with Gasteiger partial charge in [0.2, 0.25) is 0 Å². The van der Waals surface area contributed by atoms with Crippen molar-refractivity contribution < 1.29 is 5.11 Å². The lowest BCUT2D eigenvalue weighted by atomic mass is 10.0. The van der Waals surface area contributed by atoms with Crippen LogP contribution >= 0.6 is 11.3 Å². The highest BCUT2D eigenvalue weighted by Crippen LogP contribution is 2.15. The van der Waals surface area contributed by atoms with E-state index >= 15 is 0 Å². The molecule has 2 nitrogen and oxygen atoms in total. The van der Waals surface area contributed by atoms with Gasteiger partial charge in [0.1, 0.15) is 0 Å². The van der Waals surface area contributed by atoms with Crippen molar-refractivity contribution in [2.75, 3.05) is 13.1 Å². The molecule has 1 atom stereocenters. The Morgan fingerprint density at radius 2 is 2.43 bits per heavy atom. The molecule has 0 aromatic carbocycles. The molecular formula is C11H15NOS. The minimum atomic E-state index is -0.290. The SMILES string of the molecule is OC1C=C(CCc2cccs2)CNC1. The Labute approximate surface area is 88.3 Å². The van der Waals surface area contributed by atoms with Crippen LogP contribution in [-0.2, 0) is 6.42 Å². The van der Waals surface area contributed by atoms with Crippen LogP contribution in [0.15, 0.2) is 29.2 Å². The number of rotatable bonds is 3. The average Bonchev–Trinajstić information content (AvgIpc) is 2.67. The van der Waals surface area contributed by atoms with E-state index in [-0.39, 0.29) is 6.10 Å². The Hall–Kier alpha value is -0.640. The monoisotopic (exact) mass is 209 g/mol. The minimum Gasteiger partial charge on any atom is -0.388 e. The summed E-state index contributed by atoms with van der Waals surface area (Å²) in [6.45, 7) is 1.63. The number of nitrogens with one attached hydrogen (secondary N) is 1. The maximum Gasteiger partial charge on any atom is 0.0848 e. The number of thiophene rings is 1. The van der Waals surface area contributed by atoms with Gasteiger partial charge in [0, 0.05) is 18.0 Å². The predicted octanol–water partition coefficient (Wildman–Crippen LogP) is 1.57. The van der Waals surface area contributed by atoms with Gasteiger partial charge in [-0.05, 0) is 24.3 Å². The molecule has 1 aromatic heterocycles. The molecule has 1 unspecified atom stereocenters. The van der Waals surface area contributed by atoms with Crippen LogP contribution in [0.2, 0.25) is 0 Å². The lowest BCUT2D eigenvalue weighted by molar-refractivity contribution is 0.212. The first-order chi connectivity index (χ1) is 6.84. The fourth-order valence-electron chi connectivity index (χ4n) is 1.68. The Balaban J connectivity index is 1.86. The van der Waals surface area contributed by atoms with Crippen LogP contribution in [0.3, 0.4) is 0 Å². The van der Waals surface area contributed by atoms with Crippen molar-refractivity contribution in [2.45, 2.75) is 18.9 Å². The van der Waals surface area contributed by atoms with E-state index in [4.69, 9.17) is 0 Å². The third kappa shape index (κ3) is 2.67. The van der Waals surface area contributed by atoms with Crippen LogP contribution in [0.5, 0.6) is 0 Å². The summed E-state index contributed by atoms with van der Waals surface area (Å²) in [7, 11) is 0. The molecule has 1 aliphatic heterocycles. The lowest BCUT2D eigenvalue weighted by Gasteiger charge is -2.18. The molecule has 0 fully saturated rings. The van der Waals surface area contributed by atoms with E-state index in [1.807, 2.05) is 6.08 Å². The molecule has 0 amide bonds. The van der Waals surface area contributed by atoms with E-state index in [9.17, 15) is 5.11 Å². The third-order valence-corrected chi connectivity index (χ3v) is 3.34. The first-order valence-corrected chi connectivity index (χ1v) is 5.83. The minimum absolute atomic E-state index is 0.290. The molecule has 3 heteroatoms. The van der Waals surface area contributed by atoms with Crippen LogP contribution in [-0.4, -0.2) is 24.3 Å². The van der Waals surface area contributed by atoms with Crippen molar-refractivity contribution in [3.05, 3.63) is 34.0 Å². The highest BCUT2D eigenvalue weighted by molar-refractivity contribution is 7.09. The molecule has 1 aliphatic rings. The zero-order chi connectivity index (χ0) is 9.80. The summed E-state index contributed by atoms with van der Waals surface area (Å²) in [5, 5.41) is 14.7. The highest BCUT2D eigenvalue weighted by Gasteiger charge is 2.09. The summed E-state index contributed by atoms with van der Waals surface area (Å²) in [6.07, 6.45) is 3.86. The quantitative estimate of drug-likeness (QED) is 0.741. The topological polar surface area (TPSA) is 32.3 Å². The highest BCUT2D eigenvalue weighted by atomic mass is 32.1. The first-order valence-electron chi connectivity index (χ1n) is 4.95. The summed E-state index contributed by atoms with van der Waals surface area (Å²) < 4.78 is 0. The van der Waals surface area contributed by atoms with Gasteiger partial charge in [0.25, 0.3) is 0 Å². The van der Waals surface area contributed by atoms with Gasteiger partial charge in [-0.2, -0.15) is 0 Å². The maximum atomic E-state index is 9.40. The van der Waals surface area contributed by atoms with Gasteiger partial charge < -0.3 is 10.4 Å². The van der Waals surface area contributed by atoms with Gasteiger partial charge >= 0.3 is 0 Å². The Kier molecular flexibility index (Phi) is 3.35. The summed E-state index contributed by atoms with van der Waals surface area (Å²) in [5.41, 5.74) is 1.33. The third-order valence-electron chi connectivity index (χ3n) is 2.41. The molecule has 0 saturated heterocycles. The van der Waals surface area contributed by atoms with Crippen molar-refractivity contribution in [1.82, 2.24) is 5.32 Å². The van der Waals surface area contributed by atoms with E-state index in [2.05, 4.69) is 22.8 Å². The summed E-state index contributed by atoms with van der Waals surface area (Å²) in [6, 6.07) is 4.25. The molecule has 1 aromatic rings. The number of aryl methyl sites for hydroxylation is 1. The number of aliphatic hydroxyl groups excluding tert-OH is 1. The number of hydrogen-bond acceptors (Lipinski definition) is 3. The Morgan fingerprint density at radius 1 is 1.50 bits per heavy atom. The fourth-order valence-corrected chi connectivity index (χ4v) is 2.39. The first kappa shape index (κ1) is 9.90. The van der Waals surface area contributed by atoms with E-state index in [1.165, 1.54) is 10.5 Å². The van der Waals surface area contributed by atoms with Crippen LogP contribution < -0.4 is 5.32 Å². The van der Waals surface area contributed by atoms with Crippen molar-refractivity contribution in [3.8, 4) is 0 Å². The molecule has 76 valence electrons. The number of aliphatic hydroxyl groups is 1. The summed E-state index contributed by atoms with van der Waals surface area (Å²) >= 11 is 1.80. The molecule has 0 bridgehead atoms. The molecule has 0 saturated carbocycles. The predicted molar refractivity (Wildman–Crippen MR) is 59.6 cm³/mol. The van der Waals surface area contributed by atoms with Gasteiger partial charge in [-0.25, -0.2) is 0 Å². The van der Waals surface area contributed by atoms with E-state index in [0.29, 0.717) is 6.54 Å². The van der Waals surface area contributed by atoms with Gasteiger partial charge in [-0.15, -0.1) is 11.3 Å². The molecule has 0 radical (unpaired) electrons. The molecule has 14 heavy (non-hydrogen) atoms. The van der Waals surface area contributed by atoms with Crippen molar-refractivity contribution in [1.29, 1.82) is 0 Å². The molecule has 2 N–H and O–H groups in total. The number of hydrogen-bond donors (Lipinski definition) is 2. The molecule has 2 heterocycles. The van der Waals surface area contributed by atoms with Crippen LogP contribution in [0, 0.1) is 0 Å². The normalized spacial score (nSPS) is 22.1. The summed E-state index contributed by atoms with van der Waals surface area (Å²) in [5.74, 6) is 0. The summed E-state index contributed by atoms with van der Waals surface area (Å²) in [4.78, 5) is 1.42. The second-order valence-corrected chi connectivity index (χ2v) is 4.63. The van der Waals surface area contributed by atoms with Crippen LogP contribution in [0.25, 0.3) is 0 Å². The Bertz CT molecular complexity index is 305. The largest absolute Gasteiger partial charge is 0.388 e. The fraction of sp³-hybridized carbons (Fsp3) is 0.455. The Morgan fingerprint density at radius 3 is 3.14 bits per heavy atom. The zero-order valence-corrected chi connectivity index (χ0v) is 8.89. The van der Waals surface area contributed by atoms with Gasteiger partial charge in [-0.1, -0.05) is 17.7 Å². The standard InChI is InChI=1S/C11H15NOS/c13-10-6-9(7-12-8-10)3-4-11-2-1-5-14-11/h1-2,5-6,10,12-13H,3-4,7-8H2. The van der Waals surface area contributed by atoms with Gasteiger partial charge in [-0.3, -0.25) is 0 Å². The second kappa shape index (κ2) is 4.73. The van der Waals surface area contributed by atoms with Crippen LogP contribution in [0.4, 0.5) is 0 Å². The van der Waals surface area contributed by atoms with Gasteiger partial charge in [0.15, 0.2) is 0 Å². The smallest absolute Gasteiger partial charge is 0.0848 e. The second-order valence-electron chi connectivity index (χ2n) is 3.60.